The maximum absolute atomic E-state index is 13.5. The molecule has 1 fully saturated rings. The van der Waals surface area contributed by atoms with Crippen molar-refractivity contribution in [1.29, 1.82) is 0 Å². The van der Waals surface area contributed by atoms with Crippen LogP contribution in [0.1, 0.15) is 31.2 Å². The maximum atomic E-state index is 13.5. The Morgan fingerprint density at radius 3 is 2.85 bits per heavy atom. The first-order chi connectivity index (χ1) is 12.6. The molecule has 2 aromatic heterocycles. The third-order valence-electron chi connectivity index (χ3n) is 4.58. The summed E-state index contributed by atoms with van der Waals surface area (Å²) in [4.78, 5) is 9.17. The second-order valence-electron chi connectivity index (χ2n) is 6.43. The number of benzene rings is 1. The summed E-state index contributed by atoms with van der Waals surface area (Å²) in [5.41, 5.74) is 1.62. The van der Waals surface area contributed by atoms with Crippen molar-refractivity contribution in [2.45, 2.75) is 43.4 Å². The van der Waals surface area contributed by atoms with Crippen LogP contribution in [0.4, 0.5) is 14.6 Å². The van der Waals surface area contributed by atoms with E-state index in [0.717, 1.165) is 41.8 Å². The van der Waals surface area contributed by atoms with Gasteiger partial charge in [-0.1, -0.05) is 24.8 Å². The molecule has 0 unspecified atom stereocenters. The van der Waals surface area contributed by atoms with E-state index in [2.05, 4.69) is 27.3 Å². The molecular formula is C18H19F2N5S. The number of halogens is 2. The largest absolute Gasteiger partial charge is 0.366 e. The Kier molecular flexibility index (Phi) is 4.52. The zero-order valence-corrected chi connectivity index (χ0v) is 15.4. The predicted molar refractivity (Wildman–Crippen MR) is 98.5 cm³/mol. The first kappa shape index (κ1) is 17.2. The molecule has 1 aliphatic rings. The third kappa shape index (κ3) is 3.13. The van der Waals surface area contributed by atoms with Gasteiger partial charge in [0.1, 0.15) is 5.82 Å². The van der Waals surface area contributed by atoms with Crippen LogP contribution in [0.15, 0.2) is 29.6 Å². The zero-order chi connectivity index (χ0) is 18.3. The van der Waals surface area contributed by atoms with Crippen LogP contribution >= 0.6 is 11.8 Å². The average molecular weight is 375 g/mol. The Morgan fingerprint density at radius 1 is 1.27 bits per heavy atom. The van der Waals surface area contributed by atoms with Crippen molar-refractivity contribution in [1.82, 2.24) is 19.7 Å². The molecule has 1 saturated carbocycles. The highest BCUT2D eigenvalue weighted by Crippen LogP contribution is 2.43. The molecule has 1 aliphatic carbocycles. The molecule has 0 bridgehead atoms. The number of hydrogen-bond donors (Lipinski definition) is 1. The summed E-state index contributed by atoms with van der Waals surface area (Å²) in [5, 5.41) is 9.42. The van der Waals surface area contributed by atoms with Crippen molar-refractivity contribution in [3.8, 4) is 0 Å². The molecule has 2 atom stereocenters. The van der Waals surface area contributed by atoms with Gasteiger partial charge in [0.2, 0.25) is 0 Å². The molecule has 0 amide bonds. The standard InChI is InChI=1S/C18H19F2N5S/c1-3-6-25-17-12(9-21-25)16(23-18(24-17)26-2)22-15-8-11(15)10-4-5-13(19)14(20)7-10/h4-5,7,9,11,15H,3,6,8H2,1-2H3,(H,22,23,24)/t11-,15+/m0/s1. The molecule has 1 N–H and O–H groups in total. The molecule has 0 spiro atoms. The van der Waals surface area contributed by atoms with Crippen molar-refractivity contribution in [3.05, 3.63) is 41.6 Å². The summed E-state index contributed by atoms with van der Waals surface area (Å²) in [5.74, 6) is -0.720. The van der Waals surface area contributed by atoms with E-state index in [1.807, 2.05) is 10.9 Å². The van der Waals surface area contributed by atoms with E-state index in [1.54, 1.807) is 12.3 Å². The molecule has 0 radical (unpaired) electrons. The van der Waals surface area contributed by atoms with Crippen LogP contribution in [0.25, 0.3) is 11.0 Å². The molecule has 1 aromatic carbocycles. The Bertz CT molecular complexity index is 958. The lowest BCUT2D eigenvalue weighted by molar-refractivity contribution is 0.507. The van der Waals surface area contributed by atoms with Crippen LogP contribution < -0.4 is 5.32 Å². The normalized spacial score (nSPS) is 19.1. The molecule has 136 valence electrons. The number of fused-ring (bicyclic) bond motifs is 1. The van der Waals surface area contributed by atoms with Crippen molar-refractivity contribution in [2.24, 2.45) is 0 Å². The van der Waals surface area contributed by atoms with Crippen LogP contribution in [0.5, 0.6) is 0 Å². The number of thioether (sulfide) groups is 1. The van der Waals surface area contributed by atoms with Gasteiger partial charge in [-0.25, -0.2) is 23.4 Å². The Balaban J connectivity index is 1.60. The van der Waals surface area contributed by atoms with Gasteiger partial charge in [-0.15, -0.1) is 0 Å². The predicted octanol–water partition coefficient (Wildman–Crippen LogP) is 4.20. The Morgan fingerprint density at radius 2 is 2.12 bits per heavy atom. The summed E-state index contributed by atoms with van der Waals surface area (Å²) in [6, 6.07) is 4.25. The van der Waals surface area contributed by atoms with Gasteiger partial charge in [-0.3, -0.25) is 0 Å². The highest BCUT2D eigenvalue weighted by molar-refractivity contribution is 7.98. The van der Waals surface area contributed by atoms with Gasteiger partial charge in [-0.05, 0) is 36.8 Å². The van der Waals surface area contributed by atoms with Crippen molar-refractivity contribution >= 4 is 28.6 Å². The molecular weight excluding hydrogens is 356 g/mol. The summed E-state index contributed by atoms with van der Waals surface area (Å²) >= 11 is 1.48. The smallest absolute Gasteiger partial charge is 0.191 e. The number of nitrogens with one attached hydrogen (secondary N) is 1. The molecule has 3 aromatic rings. The fraction of sp³-hybridized carbons (Fsp3) is 0.389. The fourth-order valence-corrected chi connectivity index (χ4v) is 3.51. The van der Waals surface area contributed by atoms with E-state index in [-0.39, 0.29) is 12.0 Å². The highest BCUT2D eigenvalue weighted by Gasteiger charge is 2.39. The molecule has 26 heavy (non-hydrogen) atoms. The Labute approximate surface area is 154 Å². The second-order valence-corrected chi connectivity index (χ2v) is 7.20. The first-order valence-corrected chi connectivity index (χ1v) is 9.82. The maximum Gasteiger partial charge on any atom is 0.191 e. The van der Waals surface area contributed by atoms with Gasteiger partial charge in [0.25, 0.3) is 0 Å². The lowest BCUT2D eigenvalue weighted by atomic mass is 10.1. The summed E-state index contributed by atoms with van der Waals surface area (Å²) < 4.78 is 28.5. The fourth-order valence-electron chi connectivity index (χ4n) is 3.15. The lowest BCUT2D eigenvalue weighted by Gasteiger charge is -2.09. The number of aryl methyl sites for hydroxylation is 1. The second kappa shape index (κ2) is 6.83. The van der Waals surface area contributed by atoms with Gasteiger partial charge in [-0.2, -0.15) is 5.10 Å². The van der Waals surface area contributed by atoms with E-state index < -0.39 is 11.6 Å². The van der Waals surface area contributed by atoms with Crippen molar-refractivity contribution in [2.75, 3.05) is 11.6 Å². The van der Waals surface area contributed by atoms with E-state index in [4.69, 9.17) is 0 Å². The van der Waals surface area contributed by atoms with E-state index in [0.29, 0.717) is 5.16 Å². The topological polar surface area (TPSA) is 55.6 Å². The monoisotopic (exact) mass is 375 g/mol. The van der Waals surface area contributed by atoms with Crippen LogP contribution in [0.2, 0.25) is 0 Å². The van der Waals surface area contributed by atoms with Gasteiger partial charge in [0.15, 0.2) is 22.4 Å². The number of nitrogens with zero attached hydrogens (tertiary/aromatic N) is 4. The van der Waals surface area contributed by atoms with Gasteiger partial charge < -0.3 is 5.32 Å². The number of aromatic nitrogens is 4. The Hall–Kier alpha value is -2.22. The summed E-state index contributed by atoms with van der Waals surface area (Å²) in [6.07, 6.45) is 5.55. The number of rotatable bonds is 6. The number of hydrogen-bond acceptors (Lipinski definition) is 5. The first-order valence-electron chi connectivity index (χ1n) is 8.59. The molecule has 0 aliphatic heterocycles. The molecule has 2 heterocycles. The minimum absolute atomic E-state index is 0.141. The summed E-state index contributed by atoms with van der Waals surface area (Å²) in [6.45, 7) is 2.90. The van der Waals surface area contributed by atoms with Crippen molar-refractivity contribution < 1.29 is 8.78 Å². The van der Waals surface area contributed by atoms with E-state index in [1.165, 1.54) is 23.9 Å². The molecule has 8 heteroatoms. The van der Waals surface area contributed by atoms with Gasteiger partial charge in [0.05, 0.1) is 11.6 Å². The van der Waals surface area contributed by atoms with Crippen molar-refractivity contribution in [3.63, 3.8) is 0 Å². The minimum atomic E-state index is -0.815. The lowest BCUT2D eigenvalue weighted by Crippen LogP contribution is -2.08. The van der Waals surface area contributed by atoms with Gasteiger partial charge >= 0.3 is 0 Å². The average Bonchev–Trinajstić information content (AvgIpc) is 3.28. The summed E-state index contributed by atoms with van der Waals surface area (Å²) in [7, 11) is 0. The van der Waals surface area contributed by atoms with E-state index >= 15 is 0 Å². The zero-order valence-electron chi connectivity index (χ0n) is 14.5. The van der Waals surface area contributed by atoms with Crippen LogP contribution in [0.3, 0.4) is 0 Å². The van der Waals surface area contributed by atoms with Crippen LogP contribution in [-0.2, 0) is 6.54 Å². The number of anilines is 1. The minimum Gasteiger partial charge on any atom is -0.366 e. The third-order valence-corrected chi connectivity index (χ3v) is 5.13. The van der Waals surface area contributed by atoms with Crippen LogP contribution in [-0.4, -0.2) is 32.0 Å². The van der Waals surface area contributed by atoms with Crippen LogP contribution in [0, 0.1) is 11.6 Å². The SMILES string of the molecule is CCCn1ncc2c(N[C@@H]3C[C@H]3c3ccc(F)c(F)c3)nc(SC)nc21. The molecule has 0 saturated heterocycles. The van der Waals surface area contributed by atoms with Gasteiger partial charge in [0, 0.05) is 18.5 Å². The highest BCUT2D eigenvalue weighted by atomic mass is 32.2. The molecule has 4 rings (SSSR count). The van der Waals surface area contributed by atoms with E-state index in [9.17, 15) is 8.78 Å². The quantitative estimate of drug-likeness (QED) is 0.517. The molecule has 5 nitrogen and oxygen atoms in total.